The van der Waals surface area contributed by atoms with Crippen LogP contribution in [0, 0.1) is 5.92 Å². The number of fused-ring (bicyclic) bond motifs is 1. The number of rotatable bonds is 5. The molecule has 1 amide bonds. The smallest absolute Gasteiger partial charge is 0.256 e. The average Bonchev–Trinajstić information content (AvgIpc) is 3.54. The number of aromatic nitrogens is 1. The molecule has 6 rings (SSSR count). The number of hydrogen-bond donors (Lipinski definition) is 1. The Morgan fingerprint density at radius 3 is 2.20 bits per heavy atom. The number of hydrogen-bond acceptors (Lipinski definition) is 2. The molecule has 1 aromatic heterocycles. The van der Waals surface area contributed by atoms with E-state index in [1.54, 1.807) is 0 Å². The molecule has 4 heteroatoms. The fraction of sp³-hybridized carbons (Fsp3) is 0.323. The summed E-state index contributed by atoms with van der Waals surface area (Å²) in [6.45, 7) is 4.92. The molecule has 0 spiro atoms. The summed E-state index contributed by atoms with van der Waals surface area (Å²) in [5, 5.41) is 1.01. The van der Waals surface area contributed by atoms with E-state index < -0.39 is 0 Å². The zero-order valence-corrected chi connectivity index (χ0v) is 20.1. The molecule has 1 N–H and O–H groups in total. The van der Waals surface area contributed by atoms with E-state index in [9.17, 15) is 4.79 Å². The Balaban J connectivity index is 1.18. The molecule has 4 nitrogen and oxygen atoms in total. The van der Waals surface area contributed by atoms with Gasteiger partial charge in [-0.05, 0) is 55.0 Å². The van der Waals surface area contributed by atoms with Gasteiger partial charge in [0.1, 0.15) is 0 Å². The number of piperidine rings is 1. The second-order valence-electron chi connectivity index (χ2n) is 10.2. The van der Waals surface area contributed by atoms with Crippen LogP contribution in [0.5, 0.6) is 0 Å². The van der Waals surface area contributed by atoms with Gasteiger partial charge in [-0.15, -0.1) is 0 Å². The van der Waals surface area contributed by atoms with Crippen molar-refractivity contribution < 1.29 is 4.79 Å². The number of H-pyrrole nitrogens is 1. The molecule has 0 bridgehead atoms. The molecule has 0 saturated carbocycles. The predicted molar refractivity (Wildman–Crippen MR) is 142 cm³/mol. The first-order chi connectivity index (χ1) is 17.3. The quantitative estimate of drug-likeness (QED) is 0.400. The summed E-state index contributed by atoms with van der Waals surface area (Å²) < 4.78 is 0. The average molecular weight is 464 g/mol. The van der Waals surface area contributed by atoms with Crippen molar-refractivity contribution in [1.29, 1.82) is 0 Å². The summed E-state index contributed by atoms with van der Waals surface area (Å²) >= 11 is 0. The number of aromatic amines is 1. The molecule has 4 aromatic rings. The Hall–Kier alpha value is -3.37. The number of benzene rings is 3. The van der Waals surface area contributed by atoms with Gasteiger partial charge in [0.2, 0.25) is 0 Å². The van der Waals surface area contributed by atoms with Crippen molar-refractivity contribution in [2.24, 2.45) is 5.92 Å². The lowest BCUT2D eigenvalue weighted by Crippen LogP contribution is -2.38. The molecule has 35 heavy (non-hydrogen) atoms. The van der Waals surface area contributed by atoms with Crippen molar-refractivity contribution in [3.8, 4) is 0 Å². The second-order valence-corrected chi connectivity index (χ2v) is 10.2. The molecule has 2 atom stereocenters. The summed E-state index contributed by atoms with van der Waals surface area (Å²) in [6, 6.07) is 29.9. The molecule has 3 heterocycles. The van der Waals surface area contributed by atoms with E-state index in [1.165, 1.54) is 24.0 Å². The van der Waals surface area contributed by atoms with Crippen molar-refractivity contribution >= 4 is 16.8 Å². The third-order valence-corrected chi connectivity index (χ3v) is 8.13. The Morgan fingerprint density at radius 2 is 1.46 bits per heavy atom. The maximum Gasteiger partial charge on any atom is 0.256 e. The third-order valence-electron chi connectivity index (χ3n) is 8.13. The topological polar surface area (TPSA) is 39.3 Å². The summed E-state index contributed by atoms with van der Waals surface area (Å²) in [5.41, 5.74) is 4.64. The second kappa shape index (κ2) is 9.71. The van der Waals surface area contributed by atoms with E-state index in [0.29, 0.717) is 17.8 Å². The van der Waals surface area contributed by atoms with Crippen molar-refractivity contribution in [1.82, 2.24) is 14.8 Å². The molecular weight excluding hydrogens is 430 g/mol. The van der Waals surface area contributed by atoms with Gasteiger partial charge in [0.05, 0.1) is 5.56 Å². The zero-order valence-electron chi connectivity index (χ0n) is 20.1. The molecule has 0 aliphatic carbocycles. The highest BCUT2D eigenvalue weighted by Crippen LogP contribution is 2.36. The van der Waals surface area contributed by atoms with Gasteiger partial charge in [-0.1, -0.05) is 78.9 Å². The normalized spacial score (nSPS) is 21.5. The van der Waals surface area contributed by atoms with E-state index in [1.807, 2.05) is 30.5 Å². The van der Waals surface area contributed by atoms with E-state index in [2.05, 4.69) is 75.4 Å². The molecule has 2 aliphatic rings. The number of amides is 1. The van der Waals surface area contributed by atoms with Crippen LogP contribution in [0.4, 0.5) is 0 Å². The van der Waals surface area contributed by atoms with E-state index in [-0.39, 0.29) is 5.91 Å². The summed E-state index contributed by atoms with van der Waals surface area (Å²) in [5.74, 6) is 1.63. The highest BCUT2D eigenvalue weighted by Gasteiger charge is 2.38. The maximum atomic E-state index is 13.6. The van der Waals surface area contributed by atoms with Crippen LogP contribution in [0.3, 0.4) is 0 Å². The van der Waals surface area contributed by atoms with E-state index >= 15 is 0 Å². The van der Waals surface area contributed by atoms with Crippen LogP contribution in [0.15, 0.2) is 91.1 Å². The number of para-hydroxylation sites is 1. The SMILES string of the molecule is O=C(c1c[nH]c2ccccc12)N1C[C@H](CN2CCC(c3ccccc3)CC2)[C@@H](c2ccccc2)C1. The van der Waals surface area contributed by atoms with Crippen molar-refractivity contribution in [2.45, 2.75) is 24.7 Å². The van der Waals surface area contributed by atoms with Gasteiger partial charge >= 0.3 is 0 Å². The molecule has 2 aliphatic heterocycles. The number of nitrogens with zero attached hydrogens (tertiary/aromatic N) is 2. The first-order valence-corrected chi connectivity index (χ1v) is 12.9. The van der Waals surface area contributed by atoms with Crippen LogP contribution in [-0.4, -0.2) is 53.4 Å². The maximum absolute atomic E-state index is 13.6. The largest absolute Gasteiger partial charge is 0.360 e. The lowest BCUT2D eigenvalue weighted by atomic mass is 9.86. The Kier molecular flexibility index (Phi) is 6.13. The lowest BCUT2D eigenvalue weighted by molar-refractivity contribution is 0.0783. The van der Waals surface area contributed by atoms with Crippen molar-refractivity contribution in [2.75, 3.05) is 32.7 Å². The van der Waals surface area contributed by atoms with Crippen LogP contribution in [-0.2, 0) is 0 Å². The minimum atomic E-state index is 0.147. The first-order valence-electron chi connectivity index (χ1n) is 12.9. The molecular formula is C31H33N3O. The number of carbonyl (C=O) groups is 1. The van der Waals surface area contributed by atoms with Crippen LogP contribution < -0.4 is 0 Å². The van der Waals surface area contributed by atoms with Crippen molar-refractivity contribution in [3.05, 3.63) is 108 Å². The Bertz CT molecular complexity index is 1270. The fourth-order valence-electron chi connectivity index (χ4n) is 6.22. The van der Waals surface area contributed by atoms with E-state index in [0.717, 1.165) is 49.2 Å². The molecule has 2 saturated heterocycles. The molecule has 0 radical (unpaired) electrons. The highest BCUT2D eigenvalue weighted by molar-refractivity contribution is 6.06. The molecule has 178 valence electrons. The van der Waals surface area contributed by atoms with Gasteiger partial charge in [-0.3, -0.25) is 4.79 Å². The van der Waals surface area contributed by atoms with Gasteiger partial charge in [0.25, 0.3) is 5.91 Å². The van der Waals surface area contributed by atoms with Crippen LogP contribution in [0.1, 0.15) is 46.2 Å². The molecule has 2 fully saturated rings. The van der Waals surface area contributed by atoms with Gasteiger partial charge in [-0.2, -0.15) is 0 Å². The number of nitrogens with one attached hydrogen (secondary N) is 1. The lowest BCUT2D eigenvalue weighted by Gasteiger charge is -2.34. The van der Waals surface area contributed by atoms with Gasteiger partial charge in [0.15, 0.2) is 0 Å². The van der Waals surface area contributed by atoms with Crippen LogP contribution in [0.25, 0.3) is 10.9 Å². The van der Waals surface area contributed by atoms with Gasteiger partial charge in [0, 0.05) is 42.7 Å². The predicted octanol–water partition coefficient (Wildman–Crippen LogP) is 5.90. The number of likely N-dealkylation sites (tertiary alicyclic amines) is 2. The molecule has 0 unspecified atom stereocenters. The Morgan fingerprint density at radius 1 is 0.800 bits per heavy atom. The highest BCUT2D eigenvalue weighted by atomic mass is 16.2. The van der Waals surface area contributed by atoms with Gasteiger partial charge in [-0.25, -0.2) is 0 Å². The minimum Gasteiger partial charge on any atom is -0.360 e. The first kappa shape index (κ1) is 22.1. The summed E-state index contributed by atoms with van der Waals surface area (Å²) in [7, 11) is 0. The monoisotopic (exact) mass is 463 g/mol. The molecule has 3 aromatic carbocycles. The van der Waals surface area contributed by atoms with E-state index in [4.69, 9.17) is 0 Å². The third kappa shape index (κ3) is 4.51. The summed E-state index contributed by atoms with van der Waals surface area (Å²) in [4.78, 5) is 21.6. The Labute approximate surface area is 207 Å². The fourth-order valence-corrected chi connectivity index (χ4v) is 6.22. The van der Waals surface area contributed by atoms with Crippen LogP contribution >= 0.6 is 0 Å². The zero-order chi connectivity index (χ0) is 23.6. The van der Waals surface area contributed by atoms with Crippen LogP contribution in [0.2, 0.25) is 0 Å². The summed E-state index contributed by atoms with van der Waals surface area (Å²) in [6.07, 6.45) is 4.31. The van der Waals surface area contributed by atoms with Crippen molar-refractivity contribution in [3.63, 3.8) is 0 Å². The minimum absolute atomic E-state index is 0.147. The number of carbonyl (C=O) groups excluding carboxylic acids is 1. The standard InChI is InChI=1S/C31H33N3O/c35-31(28-19-32-30-14-8-7-13-27(28)30)34-21-26(29(22-34)25-11-5-2-6-12-25)20-33-17-15-24(16-18-33)23-9-3-1-4-10-23/h1-14,19,24,26,29,32H,15-18,20-22H2/t26-,29+/m0/s1. The van der Waals surface area contributed by atoms with Gasteiger partial charge < -0.3 is 14.8 Å².